The molecule has 0 unspecified atom stereocenters. The molecule has 0 atom stereocenters. The van der Waals surface area contributed by atoms with E-state index in [1.54, 1.807) is 0 Å². The molecule has 0 radical (unpaired) electrons. The van der Waals surface area contributed by atoms with Crippen LogP contribution in [0.3, 0.4) is 0 Å². The first kappa shape index (κ1) is 49.7. The van der Waals surface area contributed by atoms with Crippen molar-refractivity contribution in [3.63, 3.8) is 0 Å². The number of hydrogen-bond donors (Lipinski definition) is 0. The topological polar surface area (TPSA) is 85.5 Å². The van der Waals surface area contributed by atoms with E-state index in [1.807, 2.05) is 0 Å². The van der Waals surface area contributed by atoms with E-state index in [0.717, 1.165) is 0 Å². The van der Waals surface area contributed by atoms with E-state index in [9.17, 15) is 0 Å². The number of hydrogen-bond acceptors (Lipinski definition) is 0. The van der Waals surface area contributed by atoms with Gasteiger partial charge in [-0.2, -0.15) is 0 Å². The zero-order valence-corrected chi connectivity index (χ0v) is 12.5. The molecule has 0 fully saturated rings. The van der Waals surface area contributed by atoms with Crippen molar-refractivity contribution in [3.8, 4) is 0 Å². The van der Waals surface area contributed by atoms with E-state index in [4.69, 9.17) is 0 Å². The minimum atomic E-state index is 0. The van der Waals surface area contributed by atoms with Gasteiger partial charge < -0.3 is 16.4 Å². The smallest absolute Gasteiger partial charge is 2.00 e. The van der Waals surface area contributed by atoms with Crippen molar-refractivity contribution in [1.82, 2.24) is 0 Å². The van der Waals surface area contributed by atoms with Gasteiger partial charge >= 0.3 is 129 Å². The second-order valence-electron chi connectivity index (χ2n) is 0. The Morgan fingerprint density at radius 3 is 0.500 bits per heavy atom. The van der Waals surface area contributed by atoms with E-state index >= 15 is 0 Å². The van der Waals surface area contributed by atoms with E-state index in [2.05, 4.69) is 0 Å². The predicted octanol–water partition coefficient (Wildman–Crippen LogP) is -1.50. The standard InChI is InChI=1S/Ca.3O.2Sr/q+2;3*-2;2*+2. The second kappa shape index (κ2) is 35.5. The van der Waals surface area contributed by atoms with Gasteiger partial charge in [-0.15, -0.1) is 0 Å². The summed E-state index contributed by atoms with van der Waals surface area (Å²) in [5, 5.41) is 0. The van der Waals surface area contributed by atoms with Gasteiger partial charge in [0.1, 0.15) is 0 Å². The quantitative estimate of drug-likeness (QED) is 0.476. The van der Waals surface area contributed by atoms with Crippen LogP contribution in [0.5, 0.6) is 0 Å². The third-order valence-corrected chi connectivity index (χ3v) is 0. The first-order valence-electron chi connectivity index (χ1n) is 0. The molecule has 0 rings (SSSR count). The summed E-state index contributed by atoms with van der Waals surface area (Å²) in [5.74, 6) is 0. The Balaban J connectivity index is 0. The molecular weight excluding hydrogens is 263 g/mol. The first-order chi connectivity index (χ1) is 0. The molecule has 3 nitrogen and oxygen atoms in total. The van der Waals surface area contributed by atoms with Crippen LogP contribution in [-0.2, 0) is 16.4 Å². The van der Waals surface area contributed by atoms with Gasteiger partial charge in [0, 0.05) is 0 Å². The van der Waals surface area contributed by atoms with Crippen LogP contribution >= 0.6 is 0 Å². The van der Waals surface area contributed by atoms with Crippen LogP contribution in [0.15, 0.2) is 0 Å². The van der Waals surface area contributed by atoms with Crippen molar-refractivity contribution in [3.05, 3.63) is 0 Å². The van der Waals surface area contributed by atoms with Crippen molar-refractivity contribution in [1.29, 1.82) is 0 Å². The summed E-state index contributed by atoms with van der Waals surface area (Å²) in [6.07, 6.45) is 0. The van der Waals surface area contributed by atoms with Crippen molar-refractivity contribution in [2.24, 2.45) is 0 Å². The monoisotopic (exact) mass is 264 g/mol. The molecule has 0 N–H and O–H groups in total. The van der Waals surface area contributed by atoms with Crippen LogP contribution in [0.2, 0.25) is 0 Å². The molecule has 0 aromatic carbocycles. The van der Waals surface area contributed by atoms with Crippen LogP contribution in [0.4, 0.5) is 0 Å². The summed E-state index contributed by atoms with van der Waals surface area (Å²) in [6, 6.07) is 0. The van der Waals surface area contributed by atoms with Crippen molar-refractivity contribution in [2.75, 3.05) is 0 Å². The maximum atomic E-state index is 0. The third kappa shape index (κ3) is 24.3. The van der Waals surface area contributed by atoms with E-state index < -0.39 is 0 Å². The van der Waals surface area contributed by atoms with Crippen molar-refractivity contribution in [2.45, 2.75) is 0 Å². The van der Waals surface area contributed by atoms with Crippen molar-refractivity contribution >= 4 is 129 Å². The first-order valence-corrected chi connectivity index (χ1v) is 0. The summed E-state index contributed by atoms with van der Waals surface area (Å²) >= 11 is 0. The average Bonchev–Trinajstić information content (AvgIpc) is 0. The summed E-state index contributed by atoms with van der Waals surface area (Å²) in [7, 11) is 0. The Hall–Kier alpha value is 4.10. The fourth-order valence-corrected chi connectivity index (χ4v) is 0. The van der Waals surface area contributed by atoms with Gasteiger partial charge in [0.25, 0.3) is 0 Å². The zero-order valence-electron chi connectivity index (χ0n) is 3.35. The minimum Gasteiger partial charge on any atom is -2.00 e. The van der Waals surface area contributed by atoms with Crippen molar-refractivity contribution < 1.29 is 16.4 Å². The third-order valence-electron chi connectivity index (χ3n) is 0. The van der Waals surface area contributed by atoms with Gasteiger partial charge in [-0.05, 0) is 0 Å². The SMILES string of the molecule is [Ca+2].[O-2].[O-2].[O-2].[Sr+2].[Sr+2]. The number of rotatable bonds is 0. The summed E-state index contributed by atoms with van der Waals surface area (Å²) < 4.78 is 0. The Bertz CT molecular complexity index is 8.75. The molecule has 0 aliphatic carbocycles. The molecule has 0 aromatic rings. The predicted molar refractivity (Wildman–Crippen MR) is 19.3 cm³/mol. The molecule has 0 bridgehead atoms. The normalized spacial score (nSPS) is 0. The average molecular weight is 263 g/mol. The summed E-state index contributed by atoms with van der Waals surface area (Å²) in [4.78, 5) is 0. The molecule has 0 spiro atoms. The van der Waals surface area contributed by atoms with E-state index in [-0.39, 0.29) is 145 Å². The molecule has 0 saturated carbocycles. The molecule has 6 heteroatoms. The van der Waals surface area contributed by atoms with Crippen LogP contribution in [0, 0.1) is 0 Å². The molecule has 0 amide bonds. The van der Waals surface area contributed by atoms with Crippen LogP contribution in [0.1, 0.15) is 0 Å². The minimum absolute atomic E-state index is 0. The van der Waals surface area contributed by atoms with Gasteiger partial charge in [0.15, 0.2) is 0 Å². The fourth-order valence-electron chi connectivity index (χ4n) is 0. The van der Waals surface area contributed by atoms with Gasteiger partial charge in [-0.25, -0.2) is 0 Å². The summed E-state index contributed by atoms with van der Waals surface area (Å²) in [5.41, 5.74) is 0. The van der Waals surface area contributed by atoms with Gasteiger partial charge in [0.05, 0.1) is 0 Å². The molecule has 0 saturated heterocycles. The largest absolute Gasteiger partial charge is 2.00 e. The van der Waals surface area contributed by atoms with Crippen LogP contribution < -0.4 is 0 Å². The second-order valence-corrected chi connectivity index (χ2v) is 0. The molecule has 0 aliphatic rings. The fraction of sp³-hybridized carbons (Fsp3) is 0. The molecule has 0 heterocycles. The Labute approximate surface area is 141 Å². The molecule has 0 aliphatic heterocycles. The van der Waals surface area contributed by atoms with Crippen LogP contribution in [0.25, 0.3) is 0 Å². The Kier molecular flexibility index (Phi) is 294. The summed E-state index contributed by atoms with van der Waals surface area (Å²) in [6.45, 7) is 0. The molecule has 6 heavy (non-hydrogen) atoms. The Morgan fingerprint density at radius 2 is 0.500 bits per heavy atom. The maximum Gasteiger partial charge on any atom is 2.00 e. The van der Waals surface area contributed by atoms with Gasteiger partial charge in [0.2, 0.25) is 0 Å². The van der Waals surface area contributed by atoms with E-state index in [0.29, 0.717) is 0 Å². The van der Waals surface area contributed by atoms with Gasteiger partial charge in [-0.1, -0.05) is 0 Å². The molecule has 24 valence electrons. The van der Waals surface area contributed by atoms with Crippen LogP contribution in [-0.4, -0.2) is 129 Å². The molecule has 0 aromatic heterocycles. The van der Waals surface area contributed by atoms with E-state index in [1.165, 1.54) is 0 Å². The van der Waals surface area contributed by atoms with Gasteiger partial charge in [-0.3, -0.25) is 0 Å². The zero-order chi connectivity index (χ0) is 0. The Morgan fingerprint density at radius 1 is 0.500 bits per heavy atom. The maximum absolute atomic E-state index is 0. The molecular formula is CaO3Sr2.